The van der Waals surface area contributed by atoms with Gasteiger partial charge in [-0.1, -0.05) is 18.2 Å². The summed E-state index contributed by atoms with van der Waals surface area (Å²) >= 11 is 0. The minimum atomic E-state index is -0.459. The van der Waals surface area contributed by atoms with Crippen molar-refractivity contribution in [1.82, 2.24) is 0 Å². The van der Waals surface area contributed by atoms with E-state index in [1.807, 2.05) is 6.08 Å². The number of rotatable bonds is 2. The van der Waals surface area contributed by atoms with Gasteiger partial charge in [0.2, 0.25) is 0 Å². The van der Waals surface area contributed by atoms with Crippen LogP contribution in [0.15, 0.2) is 24.8 Å². The van der Waals surface area contributed by atoms with Crippen LogP contribution >= 0.6 is 0 Å². The van der Waals surface area contributed by atoms with E-state index in [1.165, 1.54) is 6.42 Å². The maximum absolute atomic E-state index is 10.2. The largest absolute Gasteiger partial charge is 0.389 e. The molecule has 0 amide bonds. The molecule has 3 aliphatic carbocycles. The zero-order valence-corrected chi connectivity index (χ0v) is 7.37. The molecule has 0 unspecified atom stereocenters. The van der Waals surface area contributed by atoms with Crippen molar-refractivity contribution >= 4 is 0 Å². The lowest BCUT2D eigenvalue weighted by atomic mass is 9.65. The van der Waals surface area contributed by atoms with Gasteiger partial charge in [0.1, 0.15) is 0 Å². The molecule has 0 radical (unpaired) electrons. The highest BCUT2D eigenvalue weighted by Gasteiger charge is 2.42. The van der Waals surface area contributed by atoms with Crippen LogP contribution in [0.5, 0.6) is 0 Å². The number of aliphatic hydroxyl groups is 1. The molecule has 0 heterocycles. The second kappa shape index (κ2) is 2.74. The number of allylic oxidation sites excluding steroid dienone is 1. The number of hydrogen-bond acceptors (Lipinski definition) is 1. The van der Waals surface area contributed by atoms with Gasteiger partial charge in [-0.2, -0.15) is 0 Å². The molecule has 1 heteroatoms. The molecule has 0 spiro atoms. The first-order valence-electron chi connectivity index (χ1n) is 4.76. The third kappa shape index (κ3) is 1.13. The van der Waals surface area contributed by atoms with Gasteiger partial charge in [0, 0.05) is 5.92 Å². The summed E-state index contributed by atoms with van der Waals surface area (Å²) in [6, 6.07) is 0. The predicted molar refractivity (Wildman–Crippen MR) is 49.7 cm³/mol. The van der Waals surface area contributed by atoms with Crippen molar-refractivity contribution < 1.29 is 5.11 Å². The summed E-state index contributed by atoms with van der Waals surface area (Å²) in [5.41, 5.74) is -0.459. The second-order valence-electron chi connectivity index (χ2n) is 4.13. The average molecular weight is 164 g/mol. The van der Waals surface area contributed by atoms with Crippen LogP contribution in [-0.2, 0) is 0 Å². The van der Waals surface area contributed by atoms with Crippen LogP contribution in [0, 0.1) is 11.8 Å². The molecule has 0 aromatic heterocycles. The molecule has 1 saturated carbocycles. The molecule has 1 fully saturated rings. The van der Waals surface area contributed by atoms with E-state index in [9.17, 15) is 5.11 Å². The van der Waals surface area contributed by atoms with Crippen molar-refractivity contribution in [2.24, 2.45) is 11.8 Å². The summed E-state index contributed by atoms with van der Waals surface area (Å²) in [7, 11) is 0. The van der Waals surface area contributed by atoms with Crippen LogP contribution in [0.4, 0.5) is 0 Å². The van der Waals surface area contributed by atoms with Gasteiger partial charge in [0.15, 0.2) is 0 Å². The van der Waals surface area contributed by atoms with Gasteiger partial charge in [0.25, 0.3) is 0 Å². The monoisotopic (exact) mass is 164 g/mol. The minimum absolute atomic E-state index is 0.389. The SMILES string of the molecule is C=CC[C@@]1(O)C[C@@H]2C=C[C@H]1CC2. The van der Waals surface area contributed by atoms with Gasteiger partial charge in [-0.3, -0.25) is 0 Å². The van der Waals surface area contributed by atoms with Gasteiger partial charge < -0.3 is 5.11 Å². The van der Waals surface area contributed by atoms with E-state index in [1.54, 1.807) is 0 Å². The zero-order valence-electron chi connectivity index (χ0n) is 7.37. The van der Waals surface area contributed by atoms with Crippen molar-refractivity contribution in [2.45, 2.75) is 31.3 Å². The molecule has 12 heavy (non-hydrogen) atoms. The van der Waals surface area contributed by atoms with Gasteiger partial charge in [0.05, 0.1) is 5.60 Å². The molecular weight excluding hydrogens is 148 g/mol. The Labute approximate surface area is 73.8 Å². The van der Waals surface area contributed by atoms with Crippen LogP contribution in [-0.4, -0.2) is 10.7 Å². The molecule has 0 aromatic carbocycles. The lowest BCUT2D eigenvalue weighted by molar-refractivity contribution is -0.0464. The lowest BCUT2D eigenvalue weighted by Crippen LogP contribution is -2.44. The average Bonchev–Trinajstić information content (AvgIpc) is 2.05. The summed E-state index contributed by atoms with van der Waals surface area (Å²) in [6.45, 7) is 3.70. The molecule has 66 valence electrons. The third-order valence-corrected chi connectivity index (χ3v) is 3.27. The summed E-state index contributed by atoms with van der Waals surface area (Å²) in [4.78, 5) is 0. The van der Waals surface area contributed by atoms with Crippen molar-refractivity contribution in [3.63, 3.8) is 0 Å². The van der Waals surface area contributed by atoms with E-state index in [-0.39, 0.29) is 0 Å². The highest BCUT2D eigenvalue weighted by atomic mass is 16.3. The third-order valence-electron chi connectivity index (χ3n) is 3.27. The molecule has 2 bridgehead atoms. The lowest BCUT2D eigenvalue weighted by Gasteiger charge is -2.44. The normalized spacial score (nSPS) is 44.8. The fourth-order valence-corrected chi connectivity index (χ4v) is 2.59. The molecule has 0 aliphatic heterocycles. The quantitative estimate of drug-likeness (QED) is 0.621. The Balaban J connectivity index is 2.19. The maximum atomic E-state index is 10.2. The molecule has 3 atom stereocenters. The van der Waals surface area contributed by atoms with E-state index in [0.717, 1.165) is 19.3 Å². The van der Waals surface area contributed by atoms with Gasteiger partial charge in [-0.25, -0.2) is 0 Å². The van der Waals surface area contributed by atoms with Crippen LogP contribution in [0.25, 0.3) is 0 Å². The highest BCUT2D eigenvalue weighted by Crippen LogP contribution is 2.44. The van der Waals surface area contributed by atoms with Crippen LogP contribution in [0.3, 0.4) is 0 Å². The Morgan fingerprint density at radius 3 is 2.75 bits per heavy atom. The Kier molecular flexibility index (Phi) is 1.84. The zero-order chi connectivity index (χ0) is 8.60. The summed E-state index contributed by atoms with van der Waals surface area (Å²) in [5, 5.41) is 10.2. The van der Waals surface area contributed by atoms with Gasteiger partial charge >= 0.3 is 0 Å². The fourth-order valence-electron chi connectivity index (χ4n) is 2.59. The Hall–Kier alpha value is -0.560. The first-order chi connectivity index (χ1) is 5.74. The standard InChI is InChI=1S/C11H16O/c1-2-7-11(12)8-9-3-5-10(11)6-4-9/h2-3,5,9-10,12H,1,4,6-8H2/t9-,10+,11-/m1/s1. The van der Waals surface area contributed by atoms with Crippen LogP contribution < -0.4 is 0 Å². The molecule has 0 aromatic rings. The summed E-state index contributed by atoms with van der Waals surface area (Å²) in [5.74, 6) is 1.01. The van der Waals surface area contributed by atoms with E-state index in [4.69, 9.17) is 0 Å². The van der Waals surface area contributed by atoms with Crippen molar-refractivity contribution in [3.8, 4) is 0 Å². The molecule has 3 aliphatic rings. The van der Waals surface area contributed by atoms with Crippen molar-refractivity contribution in [3.05, 3.63) is 24.8 Å². The summed E-state index contributed by atoms with van der Waals surface area (Å²) in [6.07, 6.45) is 10.4. The summed E-state index contributed by atoms with van der Waals surface area (Å²) < 4.78 is 0. The first-order valence-corrected chi connectivity index (χ1v) is 4.76. The Morgan fingerprint density at radius 2 is 2.33 bits per heavy atom. The molecule has 1 nitrogen and oxygen atoms in total. The topological polar surface area (TPSA) is 20.2 Å². The van der Waals surface area contributed by atoms with Gasteiger partial charge in [-0.15, -0.1) is 6.58 Å². The first kappa shape index (κ1) is 8.06. The minimum Gasteiger partial charge on any atom is -0.389 e. The molecule has 0 saturated heterocycles. The molecular formula is C11H16O. The van der Waals surface area contributed by atoms with Gasteiger partial charge in [-0.05, 0) is 31.6 Å². The maximum Gasteiger partial charge on any atom is 0.0749 e. The Morgan fingerprint density at radius 1 is 1.50 bits per heavy atom. The number of fused-ring (bicyclic) bond motifs is 2. The number of hydrogen-bond donors (Lipinski definition) is 1. The Bertz CT molecular complexity index is 219. The second-order valence-corrected chi connectivity index (χ2v) is 4.13. The molecule has 1 N–H and O–H groups in total. The highest BCUT2D eigenvalue weighted by molar-refractivity contribution is 5.13. The fraction of sp³-hybridized carbons (Fsp3) is 0.636. The van der Waals surface area contributed by atoms with E-state index >= 15 is 0 Å². The van der Waals surface area contributed by atoms with Crippen LogP contribution in [0.1, 0.15) is 25.7 Å². The van der Waals surface area contributed by atoms with E-state index < -0.39 is 5.60 Å². The van der Waals surface area contributed by atoms with E-state index in [0.29, 0.717) is 11.8 Å². The molecule has 3 rings (SSSR count). The predicted octanol–water partition coefficient (Wildman–Crippen LogP) is 2.28. The van der Waals surface area contributed by atoms with Crippen molar-refractivity contribution in [1.29, 1.82) is 0 Å². The van der Waals surface area contributed by atoms with E-state index in [2.05, 4.69) is 18.7 Å². The van der Waals surface area contributed by atoms with Crippen LogP contribution in [0.2, 0.25) is 0 Å². The smallest absolute Gasteiger partial charge is 0.0749 e. The van der Waals surface area contributed by atoms with Crippen molar-refractivity contribution in [2.75, 3.05) is 0 Å².